The summed E-state index contributed by atoms with van der Waals surface area (Å²) in [5.74, 6) is -1.04. The highest BCUT2D eigenvalue weighted by molar-refractivity contribution is 7.80. The van der Waals surface area contributed by atoms with Gasteiger partial charge in [0.05, 0.1) is 6.04 Å². The molecule has 2 aliphatic rings. The van der Waals surface area contributed by atoms with Crippen molar-refractivity contribution in [1.82, 2.24) is 10.6 Å². The SMILES string of the molecule is CC(=O)C(C(C)=O)/C(=C1\CCCC2=C(c3ccccc3)NC(=S)NC21)c1ccccc1. The maximum atomic E-state index is 12.6. The Morgan fingerprint density at radius 1 is 0.935 bits per heavy atom. The molecule has 1 saturated carbocycles. The highest BCUT2D eigenvalue weighted by atomic mass is 32.1. The summed E-state index contributed by atoms with van der Waals surface area (Å²) in [6, 6.07) is 19.8. The monoisotopic (exact) mass is 430 g/mol. The van der Waals surface area contributed by atoms with Crippen LogP contribution < -0.4 is 10.6 Å². The van der Waals surface area contributed by atoms with Crippen molar-refractivity contribution in [3.63, 3.8) is 0 Å². The van der Waals surface area contributed by atoms with E-state index < -0.39 is 5.92 Å². The van der Waals surface area contributed by atoms with Gasteiger partial charge in [-0.2, -0.15) is 0 Å². The number of Topliss-reactive ketones (excluding diaryl/α,β-unsaturated/α-hetero) is 2. The number of ketones is 2. The zero-order valence-corrected chi connectivity index (χ0v) is 18.6. The molecule has 2 aromatic rings. The van der Waals surface area contributed by atoms with Gasteiger partial charge in [-0.3, -0.25) is 9.59 Å². The molecule has 2 N–H and O–H groups in total. The van der Waals surface area contributed by atoms with Crippen LogP contribution in [0.4, 0.5) is 0 Å². The molecule has 158 valence electrons. The molecule has 1 aliphatic carbocycles. The molecule has 31 heavy (non-hydrogen) atoms. The third-order valence-electron chi connectivity index (χ3n) is 6.02. The van der Waals surface area contributed by atoms with E-state index in [9.17, 15) is 9.59 Å². The fraction of sp³-hybridized carbons (Fsp3) is 0.269. The molecule has 0 radical (unpaired) electrons. The molecule has 4 nitrogen and oxygen atoms in total. The van der Waals surface area contributed by atoms with Gasteiger partial charge in [0.25, 0.3) is 0 Å². The van der Waals surface area contributed by atoms with Gasteiger partial charge in [-0.05, 0) is 73.2 Å². The topological polar surface area (TPSA) is 58.2 Å². The standard InChI is InChI=1S/C26H26N2O2S/c1-16(29)22(17(2)30)23(18-10-5-3-6-11-18)20-14-9-15-21-24(19-12-7-4-8-13-19)27-26(31)28-25(20)21/h3-8,10-13,22,25H,9,14-15H2,1-2H3,(H2,27,28,31)/b23-20+. The fourth-order valence-corrected chi connectivity index (χ4v) is 4.99. The summed E-state index contributed by atoms with van der Waals surface area (Å²) in [6.45, 7) is 3.01. The lowest BCUT2D eigenvalue weighted by molar-refractivity contribution is -0.127. The lowest BCUT2D eigenvalue weighted by atomic mass is 9.74. The summed E-state index contributed by atoms with van der Waals surface area (Å²) in [7, 11) is 0. The second kappa shape index (κ2) is 8.98. The van der Waals surface area contributed by atoms with E-state index in [1.807, 2.05) is 48.5 Å². The first-order chi connectivity index (χ1) is 15.0. The smallest absolute Gasteiger partial charge is 0.171 e. The first-order valence-electron chi connectivity index (χ1n) is 10.6. The van der Waals surface area contributed by atoms with Gasteiger partial charge in [-0.1, -0.05) is 60.7 Å². The molecular formula is C26H26N2O2S. The van der Waals surface area contributed by atoms with Crippen molar-refractivity contribution in [3.05, 3.63) is 82.9 Å². The summed E-state index contributed by atoms with van der Waals surface area (Å²) >= 11 is 5.56. The number of fused-ring (bicyclic) bond motifs is 1. The maximum Gasteiger partial charge on any atom is 0.171 e. The third-order valence-corrected chi connectivity index (χ3v) is 6.24. The zero-order valence-electron chi connectivity index (χ0n) is 17.8. The summed E-state index contributed by atoms with van der Waals surface area (Å²) < 4.78 is 0. The molecule has 5 heteroatoms. The second-order valence-electron chi connectivity index (χ2n) is 8.11. The van der Waals surface area contributed by atoms with E-state index >= 15 is 0 Å². The predicted octanol–water partition coefficient (Wildman–Crippen LogP) is 4.68. The molecule has 0 aromatic heterocycles. The van der Waals surface area contributed by atoms with Gasteiger partial charge in [0.2, 0.25) is 0 Å². The van der Waals surface area contributed by atoms with Crippen LogP contribution >= 0.6 is 12.2 Å². The first kappa shape index (κ1) is 21.2. The molecule has 1 unspecified atom stereocenters. The Balaban J connectivity index is 1.95. The van der Waals surface area contributed by atoms with Crippen LogP contribution in [0.1, 0.15) is 44.2 Å². The van der Waals surface area contributed by atoms with E-state index in [1.54, 1.807) is 0 Å². The van der Waals surface area contributed by atoms with Gasteiger partial charge < -0.3 is 10.6 Å². The zero-order chi connectivity index (χ0) is 22.0. The van der Waals surface area contributed by atoms with E-state index in [2.05, 4.69) is 22.8 Å². The molecule has 1 fully saturated rings. The van der Waals surface area contributed by atoms with Crippen LogP contribution in [0, 0.1) is 5.92 Å². The summed E-state index contributed by atoms with van der Waals surface area (Å²) in [5.41, 5.74) is 6.17. The lowest BCUT2D eigenvalue weighted by Crippen LogP contribution is -2.50. The molecular weight excluding hydrogens is 404 g/mol. The number of nitrogens with one attached hydrogen (secondary N) is 2. The Morgan fingerprint density at radius 2 is 1.55 bits per heavy atom. The van der Waals surface area contributed by atoms with E-state index in [0.717, 1.165) is 47.2 Å². The third kappa shape index (κ3) is 4.23. The van der Waals surface area contributed by atoms with E-state index in [1.165, 1.54) is 19.4 Å². The minimum absolute atomic E-state index is 0.130. The average Bonchev–Trinajstić information content (AvgIpc) is 2.77. The van der Waals surface area contributed by atoms with Crippen LogP contribution in [0.2, 0.25) is 0 Å². The predicted molar refractivity (Wildman–Crippen MR) is 128 cm³/mol. The molecule has 0 amide bonds. The van der Waals surface area contributed by atoms with Crippen LogP contribution in [-0.2, 0) is 9.59 Å². The van der Waals surface area contributed by atoms with Crippen LogP contribution in [-0.4, -0.2) is 22.7 Å². The van der Waals surface area contributed by atoms with E-state index in [0.29, 0.717) is 5.11 Å². The maximum absolute atomic E-state index is 12.6. The molecule has 0 spiro atoms. The average molecular weight is 431 g/mol. The van der Waals surface area contributed by atoms with Crippen molar-refractivity contribution in [1.29, 1.82) is 0 Å². The van der Waals surface area contributed by atoms with Gasteiger partial charge in [-0.25, -0.2) is 0 Å². The van der Waals surface area contributed by atoms with Gasteiger partial charge in [0.1, 0.15) is 17.5 Å². The number of benzene rings is 2. The fourth-order valence-electron chi connectivity index (χ4n) is 4.77. The Kier molecular flexibility index (Phi) is 6.14. The normalized spacial score (nSPS) is 20.0. The second-order valence-corrected chi connectivity index (χ2v) is 8.52. The Morgan fingerprint density at radius 3 is 2.16 bits per heavy atom. The van der Waals surface area contributed by atoms with E-state index in [-0.39, 0.29) is 17.6 Å². The molecule has 1 aliphatic heterocycles. The number of rotatable bonds is 5. The van der Waals surface area contributed by atoms with Gasteiger partial charge in [0, 0.05) is 5.70 Å². The quantitative estimate of drug-likeness (QED) is 0.533. The van der Waals surface area contributed by atoms with Crippen LogP contribution in [0.15, 0.2) is 71.8 Å². The lowest BCUT2D eigenvalue weighted by Gasteiger charge is -2.39. The molecule has 2 aromatic carbocycles. The van der Waals surface area contributed by atoms with Gasteiger partial charge >= 0.3 is 0 Å². The highest BCUT2D eigenvalue weighted by Crippen LogP contribution is 2.41. The van der Waals surface area contributed by atoms with Crippen molar-refractivity contribution in [2.45, 2.75) is 39.2 Å². The number of hydrogen-bond acceptors (Lipinski definition) is 3. The van der Waals surface area contributed by atoms with Gasteiger partial charge in [0.15, 0.2) is 5.11 Å². The van der Waals surface area contributed by atoms with E-state index in [4.69, 9.17) is 12.2 Å². The molecule has 0 saturated heterocycles. The first-order valence-corrected chi connectivity index (χ1v) is 11.0. The number of hydrogen-bond donors (Lipinski definition) is 2. The largest absolute Gasteiger partial charge is 0.352 e. The van der Waals surface area contributed by atoms with Crippen LogP contribution in [0.5, 0.6) is 0 Å². The number of allylic oxidation sites excluding steroid dienone is 1. The molecule has 4 rings (SSSR count). The van der Waals surface area contributed by atoms with Crippen molar-refractivity contribution in [2.75, 3.05) is 0 Å². The number of carbonyl (C=O) groups excluding carboxylic acids is 2. The van der Waals surface area contributed by atoms with Crippen molar-refractivity contribution in [3.8, 4) is 0 Å². The molecule has 0 bridgehead atoms. The van der Waals surface area contributed by atoms with Crippen LogP contribution in [0.25, 0.3) is 11.3 Å². The Labute approximate surface area is 188 Å². The van der Waals surface area contributed by atoms with Crippen LogP contribution in [0.3, 0.4) is 0 Å². The molecule has 1 atom stereocenters. The minimum Gasteiger partial charge on any atom is -0.352 e. The van der Waals surface area contributed by atoms with Gasteiger partial charge in [-0.15, -0.1) is 0 Å². The minimum atomic E-state index is -0.776. The summed E-state index contributed by atoms with van der Waals surface area (Å²) in [5, 5.41) is 7.34. The highest BCUT2D eigenvalue weighted by Gasteiger charge is 2.36. The summed E-state index contributed by atoms with van der Waals surface area (Å²) in [6.07, 6.45) is 2.69. The Bertz CT molecular complexity index is 1070. The van der Waals surface area contributed by atoms with Crippen molar-refractivity contribution < 1.29 is 9.59 Å². The summed E-state index contributed by atoms with van der Waals surface area (Å²) in [4.78, 5) is 25.3. The number of carbonyl (C=O) groups is 2. The Hall–Kier alpha value is -3.05. The number of thiocarbonyl (C=S) groups is 1. The van der Waals surface area contributed by atoms with Crippen molar-refractivity contribution in [2.24, 2.45) is 5.92 Å². The molecule has 1 heterocycles. The van der Waals surface area contributed by atoms with Crippen molar-refractivity contribution >= 4 is 40.2 Å².